The van der Waals surface area contributed by atoms with E-state index in [4.69, 9.17) is 5.11 Å². The number of carboxylic acids is 1. The van der Waals surface area contributed by atoms with Gasteiger partial charge in [0, 0.05) is 6.04 Å². The predicted molar refractivity (Wildman–Crippen MR) is 78.5 cm³/mol. The van der Waals surface area contributed by atoms with E-state index < -0.39 is 5.97 Å². The van der Waals surface area contributed by atoms with Crippen molar-refractivity contribution in [3.05, 3.63) is 35.9 Å². The van der Waals surface area contributed by atoms with Gasteiger partial charge in [0.15, 0.2) is 0 Å². The number of nitrogens with one attached hydrogen (secondary N) is 1. The minimum absolute atomic E-state index is 0.0470. The molecule has 0 fully saturated rings. The lowest BCUT2D eigenvalue weighted by atomic mass is 9.93. The van der Waals surface area contributed by atoms with E-state index in [1.165, 1.54) is 0 Å². The Bertz CT molecular complexity index is 442. The van der Waals surface area contributed by atoms with Gasteiger partial charge in [-0.05, 0) is 17.9 Å². The third kappa shape index (κ3) is 4.68. The molecule has 110 valence electrons. The standard InChI is InChI=1S/C16H23NO3/c1-4-13(12-8-6-5-7-9-12)16(20)17-14(11(2)3)10-15(18)19/h5-9,11,13-14H,4,10H2,1-3H3,(H,17,20)(H,18,19). The van der Waals surface area contributed by atoms with Crippen LogP contribution >= 0.6 is 0 Å². The van der Waals surface area contributed by atoms with Gasteiger partial charge in [-0.15, -0.1) is 0 Å². The van der Waals surface area contributed by atoms with Gasteiger partial charge in [0.1, 0.15) is 0 Å². The molecule has 0 heterocycles. The van der Waals surface area contributed by atoms with E-state index in [0.29, 0.717) is 6.42 Å². The van der Waals surface area contributed by atoms with Gasteiger partial charge in [-0.2, -0.15) is 0 Å². The van der Waals surface area contributed by atoms with Gasteiger partial charge in [0.25, 0.3) is 0 Å². The second-order valence-corrected chi connectivity index (χ2v) is 5.33. The molecule has 2 unspecified atom stereocenters. The lowest BCUT2D eigenvalue weighted by molar-refractivity contribution is -0.138. The maximum Gasteiger partial charge on any atom is 0.305 e. The minimum atomic E-state index is -0.892. The van der Waals surface area contributed by atoms with Crippen LogP contribution in [0.1, 0.15) is 45.1 Å². The summed E-state index contributed by atoms with van der Waals surface area (Å²) in [6, 6.07) is 9.24. The van der Waals surface area contributed by atoms with Crippen LogP contribution in [0, 0.1) is 5.92 Å². The molecule has 4 nitrogen and oxygen atoms in total. The monoisotopic (exact) mass is 277 g/mol. The Labute approximate surface area is 120 Å². The summed E-state index contributed by atoms with van der Waals surface area (Å²) in [5.74, 6) is -1.13. The van der Waals surface area contributed by atoms with Crippen molar-refractivity contribution in [2.24, 2.45) is 5.92 Å². The number of hydrogen-bond acceptors (Lipinski definition) is 2. The number of hydrogen-bond donors (Lipinski definition) is 2. The molecular formula is C16H23NO3. The predicted octanol–water partition coefficient (Wildman–Crippen LogP) is 2.80. The summed E-state index contributed by atoms with van der Waals surface area (Å²) in [4.78, 5) is 23.2. The van der Waals surface area contributed by atoms with Crippen molar-refractivity contribution in [2.45, 2.75) is 45.6 Å². The molecule has 2 N–H and O–H groups in total. The maximum absolute atomic E-state index is 12.4. The zero-order valence-electron chi connectivity index (χ0n) is 12.3. The molecule has 2 atom stereocenters. The lowest BCUT2D eigenvalue weighted by Gasteiger charge is -2.24. The lowest BCUT2D eigenvalue weighted by Crippen LogP contribution is -2.42. The third-order valence-electron chi connectivity index (χ3n) is 3.45. The fourth-order valence-electron chi connectivity index (χ4n) is 2.18. The summed E-state index contributed by atoms with van der Waals surface area (Å²) >= 11 is 0. The highest BCUT2D eigenvalue weighted by Gasteiger charge is 2.24. The fourth-order valence-corrected chi connectivity index (χ4v) is 2.18. The Kier molecular flexibility index (Phi) is 6.22. The summed E-state index contributed by atoms with van der Waals surface area (Å²) in [6.45, 7) is 5.79. The van der Waals surface area contributed by atoms with Crippen molar-refractivity contribution < 1.29 is 14.7 Å². The number of rotatable bonds is 7. The first kappa shape index (κ1) is 16.2. The van der Waals surface area contributed by atoms with Gasteiger partial charge in [0.05, 0.1) is 12.3 Å². The molecule has 0 radical (unpaired) electrons. The summed E-state index contributed by atoms with van der Waals surface area (Å²) in [7, 11) is 0. The van der Waals surface area contributed by atoms with Crippen molar-refractivity contribution in [2.75, 3.05) is 0 Å². The van der Waals surface area contributed by atoms with Crippen LogP contribution in [0.2, 0.25) is 0 Å². The van der Waals surface area contributed by atoms with Crippen LogP contribution < -0.4 is 5.32 Å². The van der Waals surface area contributed by atoms with E-state index in [1.54, 1.807) is 0 Å². The molecule has 1 amide bonds. The van der Waals surface area contributed by atoms with Gasteiger partial charge < -0.3 is 10.4 Å². The normalized spacial score (nSPS) is 13.8. The van der Waals surface area contributed by atoms with Crippen LogP contribution in [0.25, 0.3) is 0 Å². The van der Waals surface area contributed by atoms with Gasteiger partial charge in [-0.25, -0.2) is 0 Å². The number of amides is 1. The van der Waals surface area contributed by atoms with E-state index in [0.717, 1.165) is 5.56 Å². The zero-order valence-corrected chi connectivity index (χ0v) is 12.3. The Morgan fingerprint density at radius 3 is 2.25 bits per heavy atom. The Morgan fingerprint density at radius 2 is 1.80 bits per heavy atom. The van der Waals surface area contributed by atoms with E-state index in [9.17, 15) is 9.59 Å². The molecule has 1 aromatic rings. The molecule has 0 saturated carbocycles. The summed E-state index contributed by atoms with van der Waals surface area (Å²) in [5, 5.41) is 11.8. The van der Waals surface area contributed by atoms with Gasteiger partial charge in [-0.1, -0.05) is 51.1 Å². The van der Waals surface area contributed by atoms with Crippen molar-refractivity contribution in [3.63, 3.8) is 0 Å². The molecule has 4 heteroatoms. The van der Waals surface area contributed by atoms with Gasteiger partial charge in [0.2, 0.25) is 5.91 Å². The smallest absolute Gasteiger partial charge is 0.305 e. The van der Waals surface area contributed by atoms with Crippen LogP contribution in [-0.4, -0.2) is 23.0 Å². The highest BCUT2D eigenvalue weighted by molar-refractivity contribution is 5.84. The van der Waals surface area contributed by atoms with Crippen molar-refractivity contribution >= 4 is 11.9 Å². The average molecular weight is 277 g/mol. The van der Waals surface area contributed by atoms with Crippen LogP contribution in [0.3, 0.4) is 0 Å². The quantitative estimate of drug-likeness (QED) is 0.805. The van der Waals surface area contributed by atoms with Crippen molar-refractivity contribution in [1.82, 2.24) is 5.32 Å². The Balaban J connectivity index is 2.78. The van der Waals surface area contributed by atoms with Gasteiger partial charge >= 0.3 is 5.97 Å². The molecule has 0 aliphatic rings. The highest BCUT2D eigenvalue weighted by atomic mass is 16.4. The number of carbonyl (C=O) groups is 2. The molecule has 1 aromatic carbocycles. The van der Waals surface area contributed by atoms with Crippen molar-refractivity contribution in [1.29, 1.82) is 0 Å². The van der Waals surface area contributed by atoms with Crippen LogP contribution in [-0.2, 0) is 9.59 Å². The number of aliphatic carboxylic acids is 1. The molecule has 0 bridgehead atoms. The Morgan fingerprint density at radius 1 is 1.20 bits per heavy atom. The van der Waals surface area contributed by atoms with Crippen LogP contribution in [0.4, 0.5) is 0 Å². The number of benzene rings is 1. The molecule has 20 heavy (non-hydrogen) atoms. The van der Waals surface area contributed by atoms with E-state index >= 15 is 0 Å². The fraction of sp³-hybridized carbons (Fsp3) is 0.500. The highest BCUT2D eigenvalue weighted by Crippen LogP contribution is 2.20. The zero-order chi connectivity index (χ0) is 15.1. The molecular weight excluding hydrogens is 254 g/mol. The van der Waals surface area contributed by atoms with Crippen molar-refractivity contribution in [3.8, 4) is 0 Å². The number of carboxylic acid groups (broad SMARTS) is 1. The first-order valence-electron chi connectivity index (χ1n) is 7.02. The first-order valence-corrected chi connectivity index (χ1v) is 7.02. The minimum Gasteiger partial charge on any atom is -0.481 e. The number of carbonyl (C=O) groups excluding carboxylic acids is 1. The molecule has 0 spiro atoms. The molecule has 0 aliphatic heterocycles. The summed E-state index contributed by atoms with van der Waals surface area (Å²) in [5.41, 5.74) is 0.963. The molecule has 1 rings (SSSR count). The first-order chi connectivity index (χ1) is 9.45. The Hall–Kier alpha value is -1.84. The average Bonchev–Trinajstić information content (AvgIpc) is 2.39. The van der Waals surface area contributed by atoms with E-state index in [2.05, 4.69) is 5.32 Å². The topological polar surface area (TPSA) is 66.4 Å². The third-order valence-corrected chi connectivity index (χ3v) is 3.45. The van der Waals surface area contributed by atoms with Gasteiger partial charge in [-0.3, -0.25) is 9.59 Å². The molecule has 0 aliphatic carbocycles. The second kappa shape index (κ2) is 7.68. The largest absolute Gasteiger partial charge is 0.481 e. The summed E-state index contributed by atoms with van der Waals surface area (Å²) in [6.07, 6.45) is 0.641. The van der Waals surface area contributed by atoms with Crippen LogP contribution in [0.15, 0.2) is 30.3 Å². The second-order valence-electron chi connectivity index (χ2n) is 5.33. The van der Waals surface area contributed by atoms with Crippen LogP contribution in [0.5, 0.6) is 0 Å². The molecule has 0 aromatic heterocycles. The van der Waals surface area contributed by atoms with E-state index in [1.807, 2.05) is 51.1 Å². The summed E-state index contributed by atoms with van der Waals surface area (Å²) < 4.78 is 0. The SMILES string of the molecule is CCC(C(=O)NC(CC(=O)O)C(C)C)c1ccccc1. The maximum atomic E-state index is 12.4. The van der Waals surface area contributed by atoms with E-state index in [-0.39, 0.29) is 30.2 Å². The molecule has 0 saturated heterocycles.